The van der Waals surface area contributed by atoms with Gasteiger partial charge in [-0.1, -0.05) is 0 Å². The van der Waals surface area contributed by atoms with Crippen molar-refractivity contribution in [2.45, 2.75) is 0 Å². The van der Waals surface area contributed by atoms with Crippen LogP contribution in [0.5, 0.6) is 0 Å². The summed E-state index contributed by atoms with van der Waals surface area (Å²) in [5.74, 6) is 4.26. The second-order valence-electron chi connectivity index (χ2n) is 6.06. The fourth-order valence-electron chi connectivity index (χ4n) is 3.72. The average molecular weight is 342 g/mol. The van der Waals surface area contributed by atoms with Crippen molar-refractivity contribution in [1.82, 2.24) is 0 Å². The zero-order valence-corrected chi connectivity index (χ0v) is 15.3. The fraction of sp³-hybridized carbons (Fsp3) is 0. The maximum absolute atomic E-state index is 4.33. The number of hydrogen-bond donors (Lipinski definition) is 0. The van der Waals surface area contributed by atoms with Crippen molar-refractivity contribution in [2.75, 3.05) is 0 Å². The molecule has 3 rings (SSSR count). The van der Waals surface area contributed by atoms with Gasteiger partial charge < -0.3 is 0 Å². The molecule has 0 aromatic heterocycles. The first-order chi connectivity index (χ1) is 12.2. The van der Waals surface area contributed by atoms with Gasteiger partial charge in [-0.2, -0.15) is 0 Å². The van der Waals surface area contributed by atoms with Gasteiger partial charge in [0.2, 0.25) is 0 Å². The van der Waals surface area contributed by atoms with Crippen molar-refractivity contribution >= 4 is 28.6 Å². The average Bonchev–Trinajstić information content (AvgIpc) is 2.72. The SMILES string of the molecule is C=Cc1ccccc1P(C=C)(C=C)(c1ccccc1)c1ccccc1. The van der Waals surface area contributed by atoms with Gasteiger partial charge >= 0.3 is 150 Å². The summed E-state index contributed by atoms with van der Waals surface area (Å²) >= 11 is 0. The quantitative estimate of drug-likeness (QED) is 0.523. The molecule has 3 aromatic carbocycles. The molecule has 0 atom stereocenters. The van der Waals surface area contributed by atoms with Gasteiger partial charge in [0.15, 0.2) is 0 Å². The van der Waals surface area contributed by atoms with Crippen LogP contribution in [0, 0.1) is 0 Å². The van der Waals surface area contributed by atoms with Crippen molar-refractivity contribution in [3.8, 4) is 0 Å². The predicted octanol–water partition coefficient (Wildman–Crippen LogP) is 5.45. The van der Waals surface area contributed by atoms with E-state index in [4.69, 9.17) is 0 Å². The van der Waals surface area contributed by atoms with E-state index in [2.05, 4.69) is 98.1 Å². The molecular weight excluding hydrogens is 319 g/mol. The van der Waals surface area contributed by atoms with Crippen LogP contribution in [-0.2, 0) is 0 Å². The van der Waals surface area contributed by atoms with Gasteiger partial charge in [0.25, 0.3) is 0 Å². The Morgan fingerprint density at radius 1 is 0.560 bits per heavy atom. The Morgan fingerprint density at radius 3 is 1.44 bits per heavy atom. The van der Waals surface area contributed by atoms with Gasteiger partial charge in [-0.05, 0) is 0 Å². The number of rotatable bonds is 6. The summed E-state index contributed by atoms with van der Waals surface area (Å²) in [4.78, 5) is 0. The Bertz CT molecular complexity index is 856. The first-order valence-corrected chi connectivity index (χ1v) is 10.7. The summed E-state index contributed by atoms with van der Waals surface area (Å²) in [6.07, 6.45) is 1.93. The molecule has 0 radical (unpaired) electrons. The molecule has 0 aliphatic carbocycles. The van der Waals surface area contributed by atoms with Crippen molar-refractivity contribution < 1.29 is 0 Å². The zero-order valence-electron chi connectivity index (χ0n) is 14.4. The van der Waals surface area contributed by atoms with E-state index in [0.29, 0.717) is 0 Å². The Kier molecular flexibility index (Phi) is 4.57. The standard InChI is InChI=1S/C24H23P/c1-4-21-15-13-14-20-24(21)25(5-2,6-3,22-16-9-7-10-17-22)23-18-11-8-12-19-23/h4-20H,1-3H2. The Hall–Kier alpha value is -2.69. The van der Waals surface area contributed by atoms with E-state index in [-0.39, 0.29) is 0 Å². The molecule has 3 aromatic rings. The predicted molar refractivity (Wildman–Crippen MR) is 116 cm³/mol. The van der Waals surface area contributed by atoms with E-state index in [9.17, 15) is 0 Å². The summed E-state index contributed by atoms with van der Waals surface area (Å²) < 4.78 is 0. The van der Waals surface area contributed by atoms with Crippen LogP contribution in [0.15, 0.2) is 116 Å². The van der Waals surface area contributed by atoms with Crippen LogP contribution in [0.1, 0.15) is 5.56 Å². The molecule has 0 amide bonds. The Morgan fingerprint density at radius 2 is 1.00 bits per heavy atom. The minimum atomic E-state index is -3.04. The van der Waals surface area contributed by atoms with Gasteiger partial charge in [0, 0.05) is 0 Å². The first kappa shape index (κ1) is 17.1. The van der Waals surface area contributed by atoms with Crippen LogP contribution in [-0.4, -0.2) is 0 Å². The first-order valence-electron chi connectivity index (χ1n) is 8.35. The van der Waals surface area contributed by atoms with Gasteiger partial charge in [-0.3, -0.25) is 0 Å². The normalized spacial score (nSPS) is 12.6. The molecule has 124 valence electrons. The summed E-state index contributed by atoms with van der Waals surface area (Å²) in [6, 6.07) is 29.6. The Labute approximate surface area is 150 Å². The van der Waals surface area contributed by atoms with Crippen molar-refractivity contribution in [3.05, 3.63) is 122 Å². The van der Waals surface area contributed by atoms with Crippen LogP contribution in [0.25, 0.3) is 6.08 Å². The van der Waals surface area contributed by atoms with Crippen LogP contribution >= 0.6 is 6.60 Å². The van der Waals surface area contributed by atoms with E-state index in [1.54, 1.807) is 0 Å². The van der Waals surface area contributed by atoms with Gasteiger partial charge in [-0.25, -0.2) is 0 Å². The van der Waals surface area contributed by atoms with E-state index in [0.717, 1.165) is 5.56 Å². The van der Waals surface area contributed by atoms with Crippen LogP contribution in [0.2, 0.25) is 0 Å². The molecule has 0 bridgehead atoms. The van der Waals surface area contributed by atoms with Gasteiger partial charge in [0.05, 0.1) is 0 Å². The van der Waals surface area contributed by atoms with Crippen molar-refractivity contribution in [1.29, 1.82) is 0 Å². The van der Waals surface area contributed by atoms with Gasteiger partial charge in [0.1, 0.15) is 0 Å². The third kappa shape index (κ3) is 2.34. The molecule has 0 saturated carbocycles. The molecule has 0 spiro atoms. The van der Waals surface area contributed by atoms with E-state index in [1.807, 2.05) is 24.3 Å². The van der Waals surface area contributed by atoms with E-state index in [1.165, 1.54) is 15.9 Å². The third-order valence-electron chi connectivity index (χ3n) is 5.06. The topological polar surface area (TPSA) is 0 Å². The fourth-order valence-corrected chi connectivity index (χ4v) is 8.72. The molecule has 25 heavy (non-hydrogen) atoms. The third-order valence-corrected chi connectivity index (χ3v) is 10.8. The molecule has 0 aliphatic rings. The molecular formula is C24H23P. The molecule has 1 heteroatoms. The van der Waals surface area contributed by atoms with Gasteiger partial charge in [-0.15, -0.1) is 0 Å². The van der Waals surface area contributed by atoms with Crippen molar-refractivity contribution in [3.63, 3.8) is 0 Å². The summed E-state index contributed by atoms with van der Waals surface area (Å²) in [7, 11) is 0. The van der Waals surface area contributed by atoms with Crippen LogP contribution in [0.4, 0.5) is 0 Å². The monoisotopic (exact) mass is 342 g/mol. The molecule has 0 heterocycles. The molecule has 0 N–H and O–H groups in total. The maximum atomic E-state index is 4.33. The number of hydrogen-bond acceptors (Lipinski definition) is 0. The van der Waals surface area contributed by atoms with E-state index >= 15 is 0 Å². The number of benzene rings is 3. The van der Waals surface area contributed by atoms with Crippen LogP contribution < -0.4 is 15.9 Å². The summed E-state index contributed by atoms with van der Waals surface area (Å²) in [5, 5.41) is 3.70. The minimum absolute atomic E-state index is 1.12. The molecule has 0 nitrogen and oxygen atoms in total. The van der Waals surface area contributed by atoms with Crippen LogP contribution in [0.3, 0.4) is 0 Å². The second kappa shape index (κ2) is 6.67. The second-order valence-corrected chi connectivity index (χ2v) is 10.8. The van der Waals surface area contributed by atoms with E-state index < -0.39 is 6.60 Å². The summed E-state index contributed by atoms with van der Waals surface area (Å²) in [6.45, 7) is 9.67. The summed E-state index contributed by atoms with van der Waals surface area (Å²) in [5.41, 5.74) is 1.12. The molecule has 0 unspecified atom stereocenters. The molecule has 0 aliphatic heterocycles. The Balaban J connectivity index is 2.59. The molecule has 0 fully saturated rings. The van der Waals surface area contributed by atoms with Crippen molar-refractivity contribution in [2.24, 2.45) is 0 Å². The zero-order chi connectivity index (χ0) is 17.8. The molecule has 0 saturated heterocycles.